The predicted molar refractivity (Wildman–Crippen MR) is 66.2 cm³/mol. The Morgan fingerprint density at radius 1 is 1.33 bits per heavy atom. The van der Waals surface area contributed by atoms with E-state index in [0.717, 1.165) is 10.9 Å². The van der Waals surface area contributed by atoms with Gasteiger partial charge in [0.25, 0.3) is 0 Å². The summed E-state index contributed by atoms with van der Waals surface area (Å²) in [6.45, 7) is 0.458. The minimum Gasteiger partial charge on any atom is -0.478 e. The number of hydrogen-bond donors (Lipinski definition) is 1. The zero-order chi connectivity index (χ0) is 13.0. The number of hydrogen-bond acceptors (Lipinski definition) is 3. The summed E-state index contributed by atoms with van der Waals surface area (Å²) in [7, 11) is 0. The summed E-state index contributed by atoms with van der Waals surface area (Å²) in [4.78, 5) is 11.8. The molecule has 0 fully saturated rings. The molecule has 1 N–H and O–H groups in total. The van der Waals surface area contributed by atoms with Crippen molar-refractivity contribution in [2.75, 3.05) is 0 Å². The molecular weight excluding hydrogens is 255 g/mol. The predicted octanol–water partition coefficient (Wildman–Crippen LogP) is 3.30. The van der Waals surface area contributed by atoms with Crippen molar-refractivity contribution in [3.05, 3.63) is 57.5 Å². The molecule has 0 aliphatic rings. The van der Waals surface area contributed by atoms with E-state index in [1.807, 2.05) is 17.5 Å². The van der Waals surface area contributed by atoms with Crippen LogP contribution in [0.4, 0.5) is 4.39 Å². The van der Waals surface area contributed by atoms with Crippen molar-refractivity contribution in [3.8, 4) is 0 Å². The average molecular weight is 266 g/mol. The molecule has 94 valence electrons. The van der Waals surface area contributed by atoms with Crippen LogP contribution in [0.5, 0.6) is 0 Å². The summed E-state index contributed by atoms with van der Waals surface area (Å²) in [5, 5.41) is 10.7. The number of carboxylic acid groups (broad SMARTS) is 1. The molecule has 1 heterocycles. The van der Waals surface area contributed by atoms with Gasteiger partial charge >= 0.3 is 5.97 Å². The van der Waals surface area contributed by atoms with Gasteiger partial charge in [-0.1, -0.05) is 6.07 Å². The molecule has 0 spiro atoms. The van der Waals surface area contributed by atoms with Gasteiger partial charge in [-0.05, 0) is 29.6 Å². The molecular formula is C13H11FO3S. The lowest BCUT2D eigenvalue weighted by atomic mass is 10.1. The van der Waals surface area contributed by atoms with Crippen LogP contribution < -0.4 is 0 Å². The Kier molecular flexibility index (Phi) is 4.07. The van der Waals surface area contributed by atoms with Crippen LogP contribution >= 0.6 is 11.3 Å². The molecule has 2 rings (SSSR count). The summed E-state index contributed by atoms with van der Waals surface area (Å²) in [5.74, 6) is -1.53. The maximum absolute atomic E-state index is 13.4. The molecule has 1 aromatic carbocycles. The van der Waals surface area contributed by atoms with E-state index >= 15 is 0 Å². The lowest BCUT2D eigenvalue weighted by molar-refractivity contribution is 0.0696. The Bertz CT molecular complexity index is 537. The van der Waals surface area contributed by atoms with E-state index in [4.69, 9.17) is 9.84 Å². The lowest BCUT2D eigenvalue weighted by Crippen LogP contribution is -2.01. The van der Waals surface area contributed by atoms with Crippen molar-refractivity contribution in [3.63, 3.8) is 0 Å². The van der Waals surface area contributed by atoms with Crippen molar-refractivity contribution in [2.45, 2.75) is 13.2 Å². The van der Waals surface area contributed by atoms with Crippen molar-refractivity contribution < 1.29 is 19.0 Å². The summed E-state index contributed by atoms with van der Waals surface area (Å²) in [6, 6.07) is 7.52. The number of benzene rings is 1. The zero-order valence-electron chi connectivity index (χ0n) is 9.43. The van der Waals surface area contributed by atoms with Crippen molar-refractivity contribution in [1.82, 2.24) is 0 Å². The van der Waals surface area contributed by atoms with Gasteiger partial charge < -0.3 is 9.84 Å². The van der Waals surface area contributed by atoms with E-state index in [2.05, 4.69) is 0 Å². The first-order valence-electron chi connectivity index (χ1n) is 5.28. The Balaban J connectivity index is 2.00. The van der Waals surface area contributed by atoms with Crippen LogP contribution in [0, 0.1) is 5.82 Å². The highest BCUT2D eigenvalue weighted by Gasteiger charge is 2.08. The van der Waals surface area contributed by atoms with Gasteiger partial charge in [0.2, 0.25) is 0 Å². The van der Waals surface area contributed by atoms with Crippen molar-refractivity contribution in [2.24, 2.45) is 0 Å². The van der Waals surface area contributed by atoms with Crippen LogP contribution in [-0.2, 0) is 18.0 Å². The minimum atomic E-state index is -1.07. The second-order valence-electron chi connectivity index (χ2n) is 3.68. The fourth-order valence-corrected chi connectivity index (χ4v) is 2.12. The van der Waals surface area contributed by atoms with Crippen LogP contribution in [0.3, 0.4) is 0 Å². The normalized spacial score (nSPS) is 10.5. The van der Waals surface area contributed by atoms with Crippen molar-refractivity contribution >= 4 is 17.3 Å². The van der Waals surface area contributed by atoms with Gasteiger partial charge in [0.15, 0.2) is 0 Å². The molecule has 0 bridgehead atoms. The number of rotatable bonds is 5. The van der Waals surface area contributed by atoms with Gasteiger partial charge in [-0.25, -0.2) is 9.18 Å². The Morgan fingerprint density at radius 3 is 2.83 bits per heavy atom. The quantitative estimate of drug-likeness (QED) is 0.903. The monoisotopic (exact) mass is 266 g/mol. The van der Waals surface area contributed by atoms with Crippen LogP contribution in [0.25, 0.3) is 0 Å². The van der Waals surface area contributed by atoms with Crippen LogP contribution in [-0.4, -0.2) is 11.1 Å². The van der Waals surface area contributed by atoms with E-state index in [9.17, 15) is 9.18 Å². The number of thiophene rings is 1. The molecule has 3 nitrogen and oxygen atoms in total. The first-order valence-corrected chi connectivity index (χ1v) is 6.16. The molecule has 0 amide bonds. The maximum Gasteiger partial charge on any atom is 0.335 e. The molecule has 0 unspecified atom stereocenters. The molecule has 2 aromatic rings. The minimum absolute atomic E-state index is 0.0604. The number of halogens is 1. The summed E-state index contributed by atoms with van der Waals surface area (Å²) in [6.07, 6.45) is 0. The number of ether oxygens (including phenoxy) is 1. The Labute approximate surface area is 107 Å². The van der Waals surface area contributed by atoms with Gasteiger partial charge in [0.1, 0.15) is 5.82 Å². The highest BCUT2D eigenvalue weighted by molar-refractivity contribution is 7.09. The van der Waals surface area contributed by atoms with E-state index in [-0.39, 0.29) is 17.7 Å². The molecule has 0 saturated carbocycles. The summed E-state index contributed by atoms with van der Waals surface area (Å²) in [5.41, 5.74) is 0.317. The van der Waals surface area contributed by atoms with Crippen LogP contribution in [0.1, 0.15) is 20.8 Å². The molecule has 0 radical (unpaired) electrons. The fourth-order valence-electron chi connectivity index (χ4n) is 1.47. The number of carboxylic acids is 1. The van der Waals surface area contributed by atoms with E-state index in [1.165, 1.54) is 12.1 Å². The summed E-state index contributed by atoms with van der Waals surface area (Å²) < 4.78 is 18.8. The number of carbonyl (C=O) groups is 1. The Morgan fingerprint density at radius 2 is 2.17 bits per heavy atom. The first-order chi connectivity index (χ1) is 8.66. The topological polar surface area (TPSA) is 46.5 Å². The smallest absolute Gasteiger partial charge is 0.335 e. The molecule has 0 aliphatic heterocycles. The van der Waals surface area contributed by atoms with Gasteiger partial charge in [-0.3, -0.25) is 0 Å². The van der Waals surface area contributed by atoms with E-state index in [0.29, 0.717) is 6.61 Å². The Hall–Kier alpha value is -1.72. The lowest BCUT2D eigenvalue weighted by Gasteiger charge is -2.05. The molecule has 5 heteroatoms. The van der Waals surface area contributed by atoms with Gasteiger partial charge in [0.05, 0.1) is 18.8 Å². The highest BCUT2D eigenvalue weighted by Crippen LogP contribution is 2.15. The van der Waals surface area contributed by atoms with E-state index < -0.39 is 11.8 Å². The van der Waals surface area contributed by atoms with Gasteiger partial charge in [-0.15, -0.1) is 11.3 Å². The zero-order valence-corrected chi connectivity index (χ0v) is 10.2. The molecule has 18 heavy (non-hydrogen) atoms. The third-order valence-corrected chi connectivity index (χ3v) is 3.22. The summed E-state index contributed by atoms with van der Waals surface area (Å²) >= 11 is 1.56. The fraction of sp³-hybridized carbons (Fsp3) is 0.154. The second-order valence-corrected chi connectivity index (χ2v) is 4.72. The van der Waals surface area contributed by atoms with Crippen LogP contribution in [0.15, 0.2) is 35.7 Å². The van der Waals surface area contributed by atoms with Crippen LogP contribution in [0.2, 0.25) is 0 Å². The standard InChI is InChI=1S/C13H11FO3S/c14-12-4-3-9(13(15)16)6-10(12)7-17-8-11-2-1-5-18-11/h1-6H,7-8H2,(H,15,16). The molecule has 1 aromatic heterocycles. The molecule has 0 atom stereocenters. The third-order valence-electron chi connectivity index (χ3n) is 2.37. The van der Waals surface area contributed by atoms with Gasteiger partial charge in [0, 0.05) is 10.4 Å². The SMILES string of the molecule is O=C(O)c1ccc(F)c(COCc2cccs2)c1. The highest BCUT2D eigenvalue weighted by atomic mass is 32.1. The first kappa shape index (κ1) is 12.7. The van der Waals surface area contributed by atoms with Gasteiger partial charge in [-0.2, -0.15) is 0 Å². The van der Waals surface area contributed by atoms with Crippen molar-refractivity contribution in [1.29, 1.82) is 0 Å². The average Bonchev–Trinajstić information content (AvgIpc) is 2.84. The third kappa shape index (κ3) is 3.15. The largest absolute Gasteiger partial charge is 0.478 e. The number of aromatic carboxylic acids is 1. The van der Waals surface area contributed by atoms with E-state index in [1.54, 1.807) is 11.3 Å². The second kappa shape index (κ2) is 5.75. The molecule has 0 saturated heterocycles. The maximum atomic E-state index is 13.4. The molecule has 0 aliphatic carbocycles.